The van der Waals surface area contributed by atoms with Gasteiger partial charge in [-0.15, -0.1) is 0 Å². The number of carbonyl (C=O) groups excluding carboxylic acids is 1. The molecule has 0 heterocycles. The maximum Gasteiger partial charge on any atom is 0.328 e. The van der Waals surface area contributed by atoms with E-state index in [1.807, 2.05) is 36.4 Å². The number of amides is 1. The van der Waals surface area contributed by atoms with E-state index >= 15 is 0 Å². The van der Waals surface area contributed by atoms with Crippen LogP contribution in [0.5, 0.6) is 0 Å². The first-order valence-electron chi connectivity index (χ1n) is 9.09. The van der Waals surface area contributed by atoms with Crippen LogP contribution in [0.3, 0.4) is 0 Å². The molecule has 0 saturated heterocycles. The Morgan fingerprint density at radius 1 is 0.926 bits per heavy atom. The fraction of sp³-hybridized carbons (Fsp3) is 0.304. The van der Waals surface area contributed by atoms with Crippen molar-refractivity contribution in [3.8, 4) is 0 Å². The summed E-state index contributed by atoms with van der Waals surface area (Å²) in [6.45, 7) is 6.23. The van der Waals surface area contributed by atoms with Gasteiger partial charge in [-0.2, -0.15) is 0 Å². The van der Waals surface area contributed by atoms with Gasteiger partial charge in [-0.05, 0) is 23.0 Å². The molecule has 0 bridgehead atoms. The lowest BCUT2D eigenvalue weighted by Crippen LogP contribution is -2.44. The SMILES string of the molecule is CC(C)(C)C(CC(c1ccccc1)c1ccccc1)NC(=O)/C=C\C(=O)O. The molecule has 0 saturated carbocycles. The molecule has 4 nitrogen and oxygen atoms in total. The Kier molecular flexibility index (Phi) is 6.94. The van der Waals surface area contributed by atoms with Crippen molar-refractivity contribution in [2.45, 2.75) is 39.2 Å². The maximum atomic E-state index is 12.2. The predicted octanol–water partition coefficient (Wildman–Crippen LogP) is 4.38. The van der Waals surface area contributed by atoms with Crippen molar-refractivity contribution >= 4 is 11.9 Å². The van der Waals surface area contributed by atoms with E-state index in [2.05, 4.69) is 50.4 Å². The Morgan fingerprint density at radius 3 is 1.81 bits per heavy atom. The summed E-state index contributed by atoms with van der Waals surface area (Å²) in [4.78, 5) is 22.9. The molecule has 2 N–H and O–H groups in total. The van der Waals surface area contributed by atoms with Crippen LogP contribution in [0.1, 0.15) is 44.2 Å². The largest absolute Gasteiger partial charge is 0.478 e. The number of carbonyl (C=O) groups is 2. The van der Waals surface area contributed by atoms with E-state index in [-0.39, 0.29) is 17.4 Å². The first-order valence-corrected chi connectivity index (χ1v) is 9.09. The number of carboxylic acid groups (broad SMARTS) is 1. The van der Waals surface area contributed by atoms with Crippen LogP contribution in [0.25, 0.3) is 0 Å². The van der Waals surface area contributed by atoms with Crippen LogP contribution in [0.4, 0.5) is 0 Å². The number of benzene rings is 2. The molecular weight excluding hydrogens is 338 g/mol. The van der Waals surface area contributed by atoms with E-state index < -0.39 is 11.9 Å². The molecule has 0 aliphatic heterocycles. The highest BCUT2D eigenvalue weighted by atomic mass is 16.4. The average molecular weight is 365 g/mol. The van der Waals surface area contributed by atoms with Gasteiger partial charge in [0.15, 0.2) is 0 Å². The minimum absolute atomic E-state index is 0.125. The van der Waals surface area contributed by atoms with Crippen molar-refractivity contribution in [2.24, 2.45) is 5.41 Å². The summed E-state index contributed by atoms with van der Waals surface area (Å²) in [5, 5.41) is 11.7. The van der Waals surface area contributed by atoms with E-state index in [4.69, 9.17) is 5.11 Å². The van der Waals surface area contributed by atoms with E-state index in [0.29, 0.717) is 6.42 Å². The molecule has 2 aromatic carbocycles. The van der Waals surface area contributed by atoms with Crippen molar-refractivity contribution in [2.75, 3.05) is 0 Å². The number of rotatable bonds is 7. The van der Waals surface area contributed by atoms with Gasteiger partial charge in [-0.3, -0.25) is 4.79 Å². The van der Waals surface area contributed by atoms with Crippen LogP contribution < -0.4 is 5.32 Å². The Bertz CT molecular complexity index is 737. The van der Waals surface area contributed by atoms with Gasteiger partial charge in [-0.1, -0.05) is 81.4 Å². The average Bonchev–Trinajstić information content (AvgIpc) is 2.64. The molecule has 0 spiro atoms. The molecule has 0 aromatic heterocycles. The third-order valence-corrected chi connectivity index (χ3v) is 4.61. The molecule has 0 radical (unpaired) electrons. The van der Waals surface area contributed by atoms with Crippen molar-refractivity contribution in [1.29, 1.82) is 0 Å². The van der Waals surface area contributed by atoms with Crippen LogP contribution in [0, 0.1) is 5.41 Å². The van der Waals surface area contributed by atoms with Gasteiger partial charge >= 0.3 is 5.97 Å². The summed E-state index contributed by atoms with van der Waals surface area (Å²) >= 11 is 0. The highest BCUT2D eigenvalue weighted by molar-refractivity contribution is 5.94. The third kappa shape index (κ3) is 6.41. The predicted molar refractivity (Wildman–Crippen MR) is 108 cm³/mol. The van der Waals surface area contributed by atoms with Crippen molar-refractivity contribution in [1.82, 2.24) is 5.32 Å². The lowest BCUT2D eigenvalue weighted by atomic mass is 9.77. The monoisotopic (exact) mass is 365 g/mol. The van der Waals surface area contributed by atoms with Crippen molar-refractivity contribution < 1.29 is 14.7 Å². The summed E-state index contributed by atoms with van der Waals surface area (Å²) in [6.07, 6.45) is 2.65. The van der Waals surface area contributed by atoms with Crippen LogP contribution in [-0.4, -0.2) is 23.0 Å². The van der Waals surface area contributed by atoms with Crippen LogP contribution in [0.2, 0.25) is 0 Å². The number of carboxylic acids is 1. The lowest BCUT2D eigenvalue weighted by molar-refractivity contribution is -0.131. The molecule has 0 aliphatic rings. The number of hydrogen-bond donors (Lipinski definition) is 2. The second-order valence-corrected chi connectivity index (χ2v) is 7.71. The summed E-state index contributed by atoms with van der Waals surface area (Å²) in [7, 11) is 0. The molecule has 0 aliphatic carbocycles. The fourth-order valence-electron chi connectivity index (χ4n) is 3.07. The van der Waals surface area contributed by atoms with Gasteiger partial charge in [0, 0.05) is 24.1 Å². The molecule has 4 heteroatoms. The molecule has 0 fully saturated rings. The Balaban J connectivity index is 2.30. The fourth-order valence-corrected chi connectivity index (χ4v) is 3.07. The smallest absolute Gasteiger partial charge is 0.328 e. The van der Waals surface area contributed by atoms with E-state index in [0.717, 1.165) is 12.2 Å². The van der Waals surface area contributed by atoms with E-state index in [1.165, 1.54) is 11.1 Å². The molecular formula is C23H27NO3. The molecule has 142 valence electrons. The topological polar surface area (TPSA) is 66.4 Å². The van der Waals surface area contributed by atoms with Gasteiger partial charge < -0.3 is 10.4 Å². The summed E-state index contributed by atoms with van der Waals surface area (Å²) in [6, 6.07) is 20.3. The third-order valence-electron chi connectivity index (χ3n) is 4.61. The van der Waals surface area contributed by atoms with Crippen molar-refractivity contribution in [3.05, 3.63) is 83.9 Å². The molecule has 2 rings (SSSR count). The van der Waals surface area contributed by atoms with Crippen LogP contribution in [-0.2, 0) is 9.59 Å². The maximum absolute atomic E-state index is 12.2. The van der Waals surface area contributed by atoms with Gasteiger partial charge in [-0.25, -0.2) is 4.79 Å². The van der Waals surface area contributed by atoms with Crippen LogP contribution >= 0.6 is 0 Å². The Hall–Kier alpha value is -2.88. The van der Waals surface area contributed by atoms with Crippen molar-refractivity contribution in [3.63, 3.8) is 0 Å². The Labute approximate surface area is 160 Å². The zero-order valence-electron chi connectivity index (χ0n) is 16.1. The molecule has 1 unspecified atom stereocenters. The summed E-state index contributed by atoms with van der Waals surface area (Å²) in [5.74, 6) is -1.40. The summed E-state index contributed by atoms with van der Waals surface area (Å²) < 4.78 is 0. The summed E-state index contributed by atoms with van der Waals surface area (Å²) in [5.41, 5.74) is 2.19. The Morgan fingerprint density at radius 2 is 1.41 bits per heavy atom. The highest BCUT2D eigenvalue weighted by Crippen LogP contribution is 2.34. The molecule has 1 amide bonds. The van der Waals surface area contributed by atoms with Gasteiger partial charge in [0.1, 0.15) is 0 Å². The standard InChI is InChI=1S/C23H27NO3/c1-23(2,3)20(24-21(25)14-15-22(26)27)16-19(17-10-6-4-7-11-17)18-12-8-5-9-13-18/h4-15,19-20H,16H2,1-3H3,(H,24,25)(H,26,27)/b15-14-. The number of aliphatic carboxylic acids is 1. The second kappa shape index (κ2) is 9.17. The van der Waals surface area contributed by atoms with E-state index in [1.54, 1.807) is 0 Å². The first-order chi connectivity index (χ1) is 12.8. The first kappa shape index (κ1) is 20.4. The molecule has 2 aromatic rings. The lowest BCUT2D eigenvalue weighted by Gasteiger charge is -2.34. The van der Waals surface area contributed by atoms with Gasteiger partial charge in [0.2, 0.25) is 5.91 Å². The number of nitrogens with one attached hydrogen (secondary N) is 1. The van der Waals surface area contributed by atoms with Gasteiger partial charge in [0.25, 0.3) is 0 Å². The normalized spacial score (nSPS) is 12.9. The number of hydrogen-bond acceptors (Lipinski definition) is 2. The minimum Gasteiger partial charge on any atom is -0.478 e. The van der Waals surface area contributed by atoms with Gasteiger partial charge in [0.05, 0.1) is 0 Å². The zero-order chi connectivity index (χ0) is 19.9. The highest BCUT2D eigenvalue weighted by Gasteiger charge is 2.29. The second-order valence-electron chi connectivity index (χ2n) is 7.71. The minimum atomic E-state index is -1.14. The van der Waals surface area contributed by atoms with E-state index in [9.17, 15) is 9.59 Å². The quantitative estimate of drug-likeness (QED) is 0.716. The zero-order valence-corrected chi connectivity index (χ0v) is 16.1. The van der Waals surface area contributed by atoms with Crippen LogP contribution in [0.15, 0.2) is 72.8 Å². The molecule has 27 heavy (non-hydrogen) atoms. The molecule has 1 atom stereocenters.